The molecule has 2 N–H and O–H groups in total. The number of hydrogen-bond acceptors (Lipinski definition) is 3. The summed E-state index contributed by atoms with van der Waals surface area (Å²) in [6, 6.07) is 11.8. The molecular formula is C20H24N2O3S. The van der Waals surface area contributed by atoms with Crippen LogP contribution in [0, 0.1) is 13.8 Å². The van der Waals surface area contributed by atoms with E-state index in [1.165, 1.54) is 12.1 Å². The summed E-state index contributed by atoms with van der Waals surface area (Å²) in [5.41, 5.74) is 3.29. The summed E-state index contributed by atoms with van der Waals surface area (Å²) in [4.78, 5) is 12.6. The van der Waals surface area contributed by atoms with Gasteiger partial charge in [0.05, 0.1) is 4.90 Å². The fraction of sp³-hybridized carbons (Fsp3) is 0.350. The van der Waals surface area contributed by atoms with Crippen molar-refractivity contribution in [3.8, 4) is 0 Å². The molecular weight excluding hydrogens is 348 g/mol. The van der Waals surface area contributed by atoms with Gasteiger partial charge in [-0.15, -0.1) is 0 Å². The Morgan fingerprint density at radius 1 is 1.00 bits per heavy atom. The van der Waals surface area contributed by atoms with E-state index in [0.717, 1.165) is 42.5 Å². The van der Waals surface area contributed by atoms with Gasteiger partial charge in [-0.3, -0.25) is 4.79 Å². The molecule has 1 amide bonds. The van der Waals surface area contributed by atoms with E-state index in [1.54, 1.807) is 12.1 Å². The third-order valence-electron chi connectivity index (χ3n) is 4.96. The number of sulfonamides is 1. The number of aryl methyl sites for hydroxylation is 1. The van der Waals surface area contributed by atoms with Crippen molar-refractivity contribution < 1.29 is 13.2 Å². The standard InChI is InChI=1S/C20H24N2O3S/c1-14-6-5-9-19(15(14)2)21-20(23)16-10-12-18(13-11-16)26(24,25)22-17-7-3-4-8-17/h5-6,9-13,17,22H,3-4,7-8H2,1-2H3,(H,21,23). The van der Waals surface area contributed by atoms with E-state index in [1.807, 2.05) is 32.0 Å². The first-order chi connectivity index (χ1) is 12.4. The number of hydrogen-bond donors (Lipinski definition) is 2. The SMILES string of the molecule is Cc1cccc(NC(=O)c2ccc(S(=O)(=O)NC3CCCC3)cc2)c1C. The number of amides is 1. The number of nitrogens with one attached hydrogen (secondary N) is 2. The molecule has 0 unspecified atom stereocenters. The summed E-state index contributed by atoms with van der Waals surface area (Å²) in [5.74, 6) is -0.258. The van der Waals surface area contributed by atoms with Crippen LogP contribution in [0.2, 0.25) is 0 Å². The molecule has 0 atom stereocenters. The Bertz CT molecular complexity index is 899. The van der Waals surface area contributed by atoms with Gasteiger partial charge in [0.25, 0.3) is 5.91 Å². The van der Waals surface area contributed by atoms with Crippen LogP contribution in [0.25, 0.3) is 0 Å². The Morgan fingerprint density at radius 3 is 2.31 bits per heavy atom. The normalized spacial score (nSPS) is 15.2. The van der Waals surface area contributed by atoms with Crippen molar-refractivity contribution in [2.45, 2.75) is 50.5 Å². The Labute approximate surface area is 154 Å². The summed E-state index contributed by atoms with van der Waals surface area (Å²) >= 11 is 0. The van der Waals surface area contributed by atoms with E-state index in [0.29, 0.717) is 5.56 Å². The monoisotopic (exact) mass is 372 g/mol. The Kier molecular flexibility index (Phi) is 5.44. The molecule has 3 rings (SSSR count). The minimum absolute atomic E-state index is 0.0206. The largest absolute Gasteiger partial charge is 0.322 e. The average molecular weight is 372 g/mol. The minimum atomic E-state index is -3.54. The van der Waals surface area contributed by atoms with Crippen molar-refractivity contribution in [2.24, 2.45) is 0 Å². The lowest BCUT2D eigenvalue weighted by molar-refractivity contribution is 0.102. The summed E-state index contributed by atoms with van der Waals surface area (Å²) in [7, 11) is -3.54. The zero-order chi connectivity index (χ0) is 18.7. The lowest BCUT2D eigenvalue weighted by Crippen LogP contribution is -2.32. The minimum Gasteiger partial charge on any atom is -0.322 e. The fourth-order valence-electron chi connectivity index (χ4n) is 3.20. The highest BCUT2D eigenvalue weighted by molar-refractivity contribution is 7.89. The number of benzene rings is 2. The second kappa shape index (κ2) is 7.60. The molecule has 2 aromatic rings. The van der Waals surface area contributed by atoms with E-state index in [2.05, 4.69) is 10.0 Å². The third-order valence-corrected chi connectivity index (χ3v) is 6.49. The Balaban J connectivity index is 1.72. The smallest absolute Gasteiger partial charge is 0.255 e. The lowest BCUT2D eigenvalue weighted by atomic mass is 10.1. The van der Waals surface area contributed by atoms with Crippen molar-refractivity contribution >= 4 is 21.6 Å². The predicted octanol–water partition coefficient (Wildman–Crippen LogP) is 3.78. The summed E-state index contributed by atoms with van der Waals surface area (Å²) < 4.78 is 27.6. The lowest BCUT2D eigenvalue weighted by Gasteiger charge is -2.13. The molecule has 26 heavy (non-hydrogen) atoms. The first-order valence-corrected chi connectivity index (χ1v) is 10.3. The van der Waals surface area contributed by atoms with E-state index < -0.39 is 10.0 Å². The van der Waals surface area contributed by atoms with E-state index in [9.17, 15) is 13.2 Å². The van der Waals surface area contributed by atoms with Crippen LogP contribution >= 0.6 is 0 Å². The molecule has 0 aromatic heterocycles. The maximum atomic E-state index is 12.4. The van der Waals surface area contributed by atoms with Crippen LogP contribution in [-0.2, 0) is 10.0 Å². The van der Waals surface area contributed by atoms with Crippen molar-refractivity contribution in [1.29, 1.82) is 0 Å². The van der Waals surface area contributed by atoms with Gasteiger partial charge in [-0.1, -0.05) is 25.0 Å². The van der Waals surface area contributed by atoms with Crippen LogP contribution in [0.1, 0.15) is 47.2 Å². The molecule has 1 aliphatic rings. The predicted molar refractivity (Wildman–Crippen MR) is 103 cm³/mol. The zero-order valence-electron chi connectivity index (χ0n) is 15.1. The Hall–Kier alpha value is -2.18. The van der Waals surface area contributed by atoms with Gasteiger partial charge in [-0.25, -0.2) is 13.1 Å². The quantitative estimate of drug-likeness (QED) is 0.839. The highest BCUT2D eigenvalue weighted by atomic mass is 32.2. The average Bonchev–Trinajstić information content (AvgIpc) is 3.11. The van der Waals surface area contributed by atoms with Gasteiger partial charge in [-0.2, -0.15) is 0 Å². The highest BCUT2D eigenvalue weighted by Gasteiger charge is 2.23. The molecule has 6 heteroatoms. The van der Waals surface area contributed by atoms with Crippen molar-refractivity contribution in [1.82, 2.24) is 4.72 Å². The van der Waals surface area contributed by atoms with Crippen LogP contribution < -0.4 is 10.0 Å². The summed E-state index contributed by atoms with van der Waals surface area (Å²) in [5, 5.41) is 2.88. The van der Waals surface area contributed by atoms with Gasteiger partial charge in [0.2, 0.25) is 10.0 Å². The third kappa shape index (κ3) is 4.14. The maximum Gasteiger partial charge on any atom is 0.255 e. The number of carbonyl (C=O) groups is 1. The van der Waals surface area contributed by atoms with E-state index >= 15 is 0 Å². The van der Waals surface area contributed by atoms with Gasteiger partial charge in [0.1, 0.15) is 0 Å². The number of anilines is 1. The topological polar surface area (TPSA) is 75.3 Å². The number of carbonyl (C=O) groups excluding carboxylic acids is 1. The molecule has 0 bridgehead atoms. The maximum absolute atomic E-state index is 12.4. The van der Waals surface area contributed by atoms with Crippen LogP contribution in [0.4, 0.5) is 5.69 Å². The van der Waals surface area contributed by atoms with Gasteiger partial charge >= 0.3 is 0 Å². The van der Waals surface area contributed by atoms with Crippen LogP contribution in [0.15, 0.2) is 47.4 Å². The summed E-state index contributed by atoms with van der Waals surface area (Å²) in [6.07, 6.45) is 3.89. The highest BCUT2D eigenvalue weighted by Crippen LogP contribution is 2.21. The van der Waals surface area contributed by atoms with Crippen molar-refractivity contribution in [3.63, 3.8) is 0 Å². The van der Waals surface area contributed by atoms with Gasteiger partial charge in [-0.05, 0) is 68.1 Å². The molecule has 2 aromatic carbocycles. The second-order valence-electron chi connectivity index (χ2n) is 6.83. The molecule has 0 spiro atoms. The molecule has 0 heterocycles. The first kappa shape index (κ1) is 18.6. The number of rotatable bonds is 5. The van der Waals surface area contributed by atoms with Gasteiger partial charge in [0, 0.05) is 17.3 Å². The van der Waals surface area contributed by atoms with Crippen molar-refractivity contribution in [2.75, 3.05) is 5.32 Å². The first-order valence-electron chi connectivity index (χ1n) is 8.87. The molecule has 138 valence electrons. The summed E-state index contributed by atoms with van der Waals surface area (Å²) in [6.45, 7) is 3.94. The van der Waals surface area contributed by atoms with Crippen LogP contribution in [-0.4, -0.2) is 20.4 Å². The molecule has 1 fully saturated rings. The van der Waals surface area contributed by atoms with Crippen LogP contribution in [0.5, 0.6) is 0 Å². The molecule has 0 saturated heterocycles. The van der Waals surface area contributed by atoms with Crippen LogP contribution in [0.3, 0.4) is 0 Å². The molecule has 5 nitrogen and oxygen atoms in total. The van der Waals surface area contributed by atoms with Gasteiger partial charge in [0.15, 0.2) is 0 Å². The van der Waals surface area contributed by atoms with E-state index in [4.69, 9.17) is 0 Å². The molecule has 1 aliphatic carbocycles. The van der Waals surface area contributed by atoms with Crippen molar-refractivity contribution in [3.05, 3.63) is 59.2 Å². The van der Waals surface area contributed by atoms with Gasteiger partial charge < -0.3 is 5.32 Å². The zero-order valence-corrected chi connectivity index (χ0v) is 15.9. The molecule has 1 saturated carbocycles. The molecule has 0 radical (unpaired) electrons. The second-order valence-corrected chi connectivity index (χ2v) is 8.54. The van der Waals surface area contributed by atoms with E-state index in [-0.39, 0.29) is 16.8 Å². The molecule has 0 aliphatic heterocycles. The fourth-order valence-corrected chi connectivity index (χ4v) is 4.50. The Morgan fingerprint density at radius 2 is 1.65 bits per heavy atom.